The van der Waals surface area contributed by atoms with Gasteiger partial charge in [-0.2, -0.15) is 0 Å². The zero-order valence-electron chi connectivity index (χ0n) is 12.2. The van der Waals surface area contributed by atoms with Crippen molar-refractivity contribution in [1.29, 1.82) is 0 Å². The van der Waals surface area contributed by atoms with Crippen LogP contribution in [0.5, 0.6) is 0 Å². The van der Waals surface area contributed by atoms with Gasteiger partial charge < -0.3 is 15.4 Å². The van der Waals surface area contributed by atoms with Gasteiger partial charge in [0.25, 0.3) is 0 Å². The standard InChI is InChI=1S/C14H28N2O2/c1-11(2)14(6-8-15-10-14)13(17)16-7-5-9-18-12(3)4/h11-12,15H,5-10H2,1-4H3,(H,16,17). The molecule has 0 aromatic carbocycles. The van der Waals surface area contributed by atoms with Gasteiger partial charge in [-0.05, 0) is 39.2 Å². The van der Waals surface area contributed by atoms with Gasteiger partial charge in [0.2, 0.25) is 5.91 Å². The zero-order valence-corrected chi connectivity index (χ0v) is 12.2. The highest BCUT2D eigenvalue weighted by atomic mass is 16.5. The van der Waals surface area contributed by atoms with E-state index in [1.54, 1.807) is 0 Å². The van der Waals surface area contributed by atoms with E-state index < -0.39 is 0 Å². The van der Waals surface area contributed by atoms with Crippen LogP contribution < -0.4 is 10.6 Å². The minimum atomic E-state index is -0.209. The second-order valence-corrected chi connectivity index (χ2v) is 5.77. The lowest BCUT2D eigenvalue weighted by molar-refractivity contribution is -0.132. The Balaban J connectivity index is 2.30. The van der Waals surface area contributed by atoms with Crippen molar-refractivity contribution in [1.82, 2.24) is 10.6 Å². The summed E-state index contributed by atoms with van der Waals surface area (Å²) < 4.78 is 5.46. The van der Waals surface area contributed by atoms with Crippen molar-refractivity contribution >= 4 is 5.91 Å². The van der Waals surface area contributed by atoms with E-state index in [0.717, 1.165) is 25.9 Å². The van der Waals surface area contributed by atoms with Gasteiger partial charge in [0, 0.05) is 19.7 Å². The van der Waals surface area contributed by atoms with Gasteiger partial charge in [-0.25, -0.2) is 0 Å². The van der Waals surface area contributed by atoms with Crippen LogP contribution in [0.15, 0.2) is 0 Å². The predicted octanol–water partition coefficient (Wildman–Crippen LogP) is 1.55. The lowest BCUT2D eigenvalue weighted by Crippen LogP contribution is -2.46. The molecular formula is C14H28N2O2. The fraction of sp³-hybridized carbons (Fsp3) is 0.929. The SMILES string of the molecule is CC(C)OCCCNC(=O)C1(C(C)C)CCNC1. The van der Waals surface area contributed by atoms with Gasteiger partial charge in [-0.3, -0.25) is 4.79 Å². The highest BCUT2D eigenvalue weighted by Crippen LogP contribution is 2.34. The highest BCUT2D eigenvalue weighted by molar-refractivity contribution is 5.83. The van der Waals surface area contributed by atoms with Crippen molar-refractivity contribution in [2.24, 2.45) is 11.3 Å². The van der Waals surface area contributed by atoms with Crippen LogP contribution in [-0.4, -0.2) is 38.3 Å². The molecule has 0 spiro atoms. The number of hydrogen-bond acceptors (Lipinski definition) is 3. The molecule has 0 aromatic rings. The molecule has 1 saturated heterocycles. The third kappa shape index (κ3) is 3.95. The molecule has 4 nitrogen and oxygen atoms in total. The summed E-state index contributed by atoms with van der Waals surface area (Å²) in [6.07, 6.45) is 2.09. The topological polar surface area (TPSA) is 50.4 Å². The molecule has 1 fully saturated rings. The van der Waals surface area contributed by atoms with Gasteiger partial charge in [-0.1, -0.05) is 13.8 Å². The largest absolute Gasteiger partial charge is 0.379 e. The summed E-state index contributed by atoms with van der Waals surface area (Å²) in [5.74, 6) is 0.575. The van der Waals surface area contributed by atoms with Crippen LogP contribution in [0.1, 0.15) is 40.5 Å². The first-order valence-electron chi connectivity index (χ1n) is 7.09. The smallest absolute Gasteiger partial charge is 0.227 e. The maximum absolute atomic E-state index is 12.3. The lowest BCUT2D eigenvalue weighted by atomic mass is 9.75. The van der Waals surface area contributed by atoms with E-state index in [4.69, 9.17) is 4.74 Å². The molecule has 0 bridgehead atoms. The van der Waals surface area contributed by atoms with Gasteiger partial charge in [0.05, 0.1) is 11.5 Å². The Hall–Kier alpha value is -0.610. The van der Waals surface area contributed by atoms with Crippen LogP contribution in [0.4, 0.5) is 0 Å². The molecule has 1 amide bonds. The molecule has 1 atom stereocenters. The fourth-order valence-electron chi connectivity index (χ4n) is 2.43. The summed E-state index contributed by atoms with van der Waals surface area (Å²) in [6.45, 7) is 11.5. The Morgan fingerprint density at radius 1 is 1.39 bits per heavy atom. The monoisotopic (exact) mass is 256 g/mol. The molecule has 1 rings (SSSR count). The van der Waals surface area contributed by atoms with E-state index in [9.17, 15) is 4.79 Å². The van der Waals surface area contributed by atoms with Crippen LogP contribution in [0.2, 0.25) is 0 Å². The number of amides is 1. The first-order valence-corrected chi connectivity index (χ1v) is 7.09. The highest BCUT2D eigenvalue weighted by Gasteiger charge is 2.43. The molecule has 106 valence electrons. The minimum Gasteiger partial charge on any atom is -0.379 e. The van der Waals surface area contributed by atoms with Gasteiger partial charge >= 0.3 is 0 Å². The van der Waals surface area contributed by atoms with E-state index in [0.29, 0.717) is 19.1 Å². The normalized spacial score (nSPS) is 23.9. The molecule has 1 aliphatic heterocycles. The molecule has 4 heteroatoms. The number of nitrogens with one attached hydrogen (secondary N) is 2. The number of ether oxygens (including phenoxy) is 1. The van der Waals surface area contributed by atoms with E-state index >= 15 is 0 Å². The molecular weight excluding hydrogens is 228 g/mol. The van der Waals surface area contributed by atoms with Crippen molar-refractivity contribution in [2.75, 3.05) is 26.2 Å². The van der Waals surface area contributed by atoms with Crippen LogP contribution in [0.3, 0.4) is 0 Å². The fourth-order valence-corrected chi connectivity index (χ4v) is 2.43. The van der Waals surface area contributed by atoms with Crippen LogP contribution in [0, 0.1) is 11.3 Å². The lowest BCUT2D eigenvalue weighted by Gasteiger charge is -2.31. The third-order valence-electron chi connectivity index (χ3n) is 3.80. The van der Waals surface area contributed by atoms with Crippen molar-refractivity contribution in [3.8, 4) is 0 Å². The number of rotatable bonds is 7. The molecule has 0 aliphatic carbocycles. The molecule has 18 heavy (non-hydrogen) atoms. The van der Waals surface area contributed by atoms with E-state index in [1.807, 2.05) is 13.8 Å². The van der Waals surface area contributed by atoms with Crippen LogP contribution >= 0.6 is 0 Å². The number of carbonyl (C=O) groups excluding carboxylic acids is 1. The van der Waals surface area contributed by atoms with Crippen LogP contribution in [0.25, 0.3) is 0 Å². The predicted molar refractivity (Wildman–Crippen MR) is 73.5 cm³/mol. The Morgan fingerprint density at radius 2 is 2.11 bits per heavy atom. The minimum absolute atomic E-state index is 0.201. The third-order valence-corrected chi connectivity index (χ3v) is 3.80. The summed E-state index contributed by atoms with van der Waals surface area (Å²) in [5.41, 5.74) is -0.209. The molecule has 1 heterocycles. The first-order chi connectivity index (χ1) is 8.49. The van der Waals surface area contributed by atoms with Crippen LogP contribution in [-0.2, 0) is 9.53 Å². The van der Waals surface area contributed by atoms with Crippen molar-refractivity contribution < 1.29 is 9.53 Å². The summed E-state index contributed by atoms with van der Waals surface area (Å²) in [5, 5.41) is 6.37. The molecule has 1 aliphatic rings. The van der Waals surface area contributed by atoms with Crippen molar-refractivity contribution in [2.45, 2.75) is 46.6 Å². The second-order valence-electron chi connectivity index (χ2n) is 5.77. The second kappa shape index (κ2) is 7.10. The average molecular weight is 256 g/mol. The molecule has 0 saturated carbocycles. The molecule has 1 unspecified atom stereocenters. The van der Waals surface area contributed by atoms with E-state index in [1.165, 1.54) is 0 Å². The maximum atomic E-state index is 12.3. The zero-order chi connectivity index (χ0) is 13.6. The number of carbonyl (C=O) groups is 1. The van der Waals surface area contributed by atoms with E-state index in [-0.39, 0.29) is 17.4 Å². The molecule has 0 radical (unpaired) electrons. The van der Waals surface area contributed by atoms with Gasteiger partial charge in [0.1, 0.15) is 0 Å². The number of hydrogen-bond donors (Lipinski definition) is 2. The maximum Gasteiger partial charge on any atom is 0.227 e. The summed E-state index contributed by atoms with van der Waals surface area (Å²) in [7, 11) is 0. The quantitative estimate of drug-likeness (QED) is 0.680. The summed E-state index contributed by atoms with van der Waals surface area (Å²) >= 11 is 0. The Morgan fingerprint density at radius 3 is 2.61 bits per heavy atom. The summed E-state index contributed by atoms with van der Waals surface area (Å²) in [4.78, 5) is 12.3. The molecule has 0 aromatic heterocycles. The van der Waals surface area contributed by atoms with Gasteiger partial charge in [0.15, 0.2) is 0 Å². The Kier molecular flexibility index (Phi) is 6.09. The van der Waals surface area contributed by atoms with E-state index in [2.05, 4.69) is 24.5 Å². The van der Waals surface area contributed by atoms with Crippen molar-refractivity contribution in [3.63, 3.8) is 0 Å². The first kappa shape index (κ1) is 15.4. The summed E-state index contributed by atoms with van der Waals surface area (Å²) in [6, 6.07) is 0. The van der Waals surface area contributed by atoms with Gasteiger partial charge in [-0.15, -0.1) is 0 Å². The Labute approximate surface area is 111 Å². The Bertz CT molecular complexity index is 259. The van der Waals surface area contributed by atoms with Crippen molar-refractivity contribution in [3.05, 3.63) is 0 Å². The molecule has 2 N–H and O–H groups in total. The average Bonchev–Trinajstić information content (AvgIpc) is 2.78.